The summed E-state index contributed by atoms with van der Waals surface area (Å²) in [5, 5.41) is 11.0. The molecule has 8 nitrogen and oxygen atoms in total. The number of carbonyl (C=O) groups excluding carboxylic acids is 2. The second kappa shape index (κ2) is 8.52. The van der Waals surface area contributed by atoms with E-state index in [1.807, 2.05) is 51.1 Å². The van der Waals surface area contributed by atoms with E-state index < -0.39 is 11.9 Å². The number of carbonyl (C=O) groups is 3. The molecule has 3 aliphatic heterocycles. The van der Waals surface area contributed by atoms with Gasteiger partial charge in [0.1, 0.15) is 17.1 Å². The summed E-state index contributed by atoms with van der Waals surface area (Å²) in [6.45, 7) is 7.09. The van der Waals surface area contributed by atoms with Gasteiger partial charge in [-0.05, 0) is 35.4 Å². The summed E-state index contributed by atoms with van der Waals surface area (Å²) in [5.41, 5.74) is 2.70. The Balaban J connectivity index is 0.000000142. The Morgan fingerprint density at radius 3 is 2.06 bits per heavy atom. The molecule has 3 saturated heterocycles. The zero-order valence-electron chi connectivity index (χ0n) is 19.3. The molecule has 2 aromatic carbocycles. The van der Waals surface area contributed by atoms with E-state index in [9.17, 15) is 14.4 Å². The standard InChI is InChI=1S/C14H14O3.C12H13N3O2/c1-9(14(15)16)10-3-4-12-8-13(17-2)6-5-11(12)7-10;16-9-7-8(13-1-2-13)12(17)11(15-5-6-15)10(9)14-3-4-14/h3-9H,1-2H3,(H,15,16);7H,1-6H2/t9-;/m0./s1. The topological polar surface area (TPSA) is 89.7 Å². The lowest BCUT2D eigenvalue weighted by molar-refractivity contribution is -0.138. The lowest BCUT2D eigenvalue weighted by Gasteiger charge is -2.21. The van der Waals surface area contributed by atoms with Crippen molar-refractivity contribution in [3.63, 3.8) is 0 Å². The molecule has 0 unspecified atom stereocenters. The van der Waals surface area contributed by atoms with Gasteiger partial charge in [-0.2, -0.15) is 0 Å². The van der Waals surface area contributed by atoms with Gasteiger partial charge in [0.25, 0.3) is 0 Å². The van der Waals surface area contributed by atoms with Crippen LogP contribution >= 0.6 is 0 Å². The van der Waals surface area contributed by atoms with E-state index >= 15 is 0 Å². The number of hydrogen-bond donors (Lipinski definition) is 1. The minimum Gasteiger partial charge on any atom is -0.497 e. The first-order chi connectivity index (χ1) is 16.4. The Bertz CT molecular complexity index is 1250. The minimum absolute atomic E-state index is 0.00546. The summed E-state index contributed by atoms with van der Waals surface area (Å²) >= 11 is 0. The van der Waals surface area contributed by atoms with Crippen molar-refractivity contribution in [3.8, 4) is 5.75 Å². The minimum atomic E-state index is -0.808. The predicted molar refractivity (Wildman–Crippen MR) is 126 cm³/mol. The maximum atomic E-state index is 12.4. The number of carboxylic acids is 1. The number of carboxylic acid groups (broad SMARTS) is 1. The van der Waals surface area contributed by atoms with Gasteiger partial charge >= 0.3 is 5.97 Å². The van der Waals surface area contributed by atoms with Gasteiger partial charge in [0.2, 0.25) is 11.6 Å². The molecular formula is C26H27N3O5. The van der Waals surface area contributed by atoms with Crippen LogP contribution in [0.25, 0.3) is 10.8 Å². The van der Waals surface area contributed by atoms with E-state index in [2.05, 4.69) is 0 Å². The molecule has 0 radical (unpaired) electrons. The average molecular weight is 462 g/mol. The molecule has 176 valence electrons. The summed E-state index contributed by atoms with van der Waals surface area (Å²) in [7, 11) is 1.63. The molecule has 0 spiro atoms. The number of hydrogen-bond acceptors (Lipinski definition) is 7. The average Bonchev–Trinajstić information content (AvgIpc) is 3.68. The largest absolute Gasteiger partial charge is 0.497 e. The lowest BCUT2D eigenvalue weighted by Crippen LogP contribution is -2.29. The van der Waals surface area contributed by atoms with Gasteiger partial charge in [0, 0.05) is 45.3 Å². The molecule has 2 aromatic rings. The molecular weight excluding hydrogens is 434 g/mol. The Labute approximate surface area is 197 Å². The molecule has 0 amide bonds. The normalized spacial score (nSPS) is 19.5. The molecule has 1 atom stereocenters. The lowest BCUT2D eigenvalue weighted by atomic mass is 9.98. The molecule has 1 N–H and O–H groups in total. The molecule has 6 rings (SSSR count). The number of rotatable bonds is 6. The highest BCUT2D eigenvalue weighted by atomic mass is 16.5. The number of aliphatic carboxylic acids is 1. The molecule has 1 aliphatic carbocycles. The maximum absolute atomic E-state index is 12.4. The van der Waals surface area contributed by atoms with E-state index in [0.29, 0.717) is 17.1 Å². The number of nitrogens with zero attached hydrogens (tertiary/aromatic N) is 3. The van der Waals surface area contributed by atoms with E-state index in [-0.39, 0.29) is 11.6 Å². The van der Waals surface area contributed by atoms with Gasteiger partial charge in [-0.15, -0.1) is 0 Å². The number of allylic oxidation sites excluding steroid dienone is 1. The van der Waals surface area contributed by atoms with Gasteiger partial charge in [-0.1, -0.05) is 24.3 Å². The second-order valence-electron chi connectivity index (χ2n) is 8.91. The number of Topliss-reactive ketones (excluding diaryl/α,β-unsaturated/α-hetero) is 1. The van der Waals surface area contributed by atoms with Crippen LogP contribution in [0.1, 0.15) is 18.4 Å². The third-order valence-corrected chi connectivity index (χ3v) is 6.43. The SMILES string of the molecule is COc1ccc2cc([C@H](C)C(=O)O)ccc2c1.O=C1C=C(N2CC2)C(=O)C(N2CC2)=C1N1CC1. The highest BCUT2D eigenvalue weighted by Crippen LogP contribution is 2.34. The highest BCUT2D eigenvalue weighted by Gasteiger charge is 2.43. The second-order valence-corrected chi connectivity index (χ2v) is 8.91. The Morgan fingerprint density at radius 2 is 1.47 bits per heavy atom. The summed E-state index contributed by atoms with van der Waals surface area (Å²) in [6.07, 6.45) is 1.52. The van der Waals surface area contributed by atoms with Crippen molar-refractivity contribution in [2.45, 2.75) is 12.8 Å². The fourth-order valence-electron chi connectivity index (χ4n) is 4.06. The van der Waals surface area contributed by atoms with Gasteiger partial charge in [0.15, 0.2) is 0 Å². The van der Waals surface area contributed by atoms with Crippen LogP contribution in [0.15, 0.2) is 59.6 Å². The zero-order chi connectivity index (χ0) is 24.0. The van der Waals surface area contributed by atoms with Crippen LogP contribution in [0.5, 0.6) is 5.75 Å². The monoisotopic (exact) mass is 461 g/mol. The van der Waals surface area contributed by atoms with Crippen LogP contribution in [0.3, 0.4) is 0 Å². The molecule has 4 aliphatic rings. The molecule has 3 heterocycles. The fraction of sp³-hybridized carbons (Fsp3) is 0.346. The fourth-order valence-corrected chi connectivity index (χ4v) is 4.06. The van der Waals surface area contributed by atoms with Gasteiger partial charge in [-0.3, -0.25) is 14.4 Å². The van der Waals surface area contributed by atoms with E-state index in [0.717, 1.165) is 61.4 Å². The molecule has 0 bridgehead atoms. The first-order valence-electron chi connectivity index (χ1n) is 11.5. The van der Waals surface area contributed by atoms with E-state index in [4.69, 9.17) is 9.84 Å². The van der Waals surface area contributed by atoms with Crippen molar-refractivity contribution in [2.75, 3.05) is 46.4 Å². The number of ketones is 2. The van der Waals surface area contributed by atoms with Crippen molar-refractivity contribution in [1.29, 1.82) is 0 Å². The van der Waals surface area contributed by atoms with Crippen molar-refractivity contribution >= 4 is 28.3 Å². The molecule has 34 heavy (non-hydrogen) atoms. The molecule has 0 aromatic heterocycles. The van der Waals surface area contributed by atoms with Crippen LogP contribution in [-0.2, 0) is 14.4 Å². The van der Waals surface area contributed by atoms with Gasteiger partial charge < -0.3 is 24.5 Å². The number of benzene rings is 2. The summed E-state index contributed by atoms with van der Waals surface area (Å²) in [6, 6.07) is 11.4. The zero-order valence-corrected chi connectivity index (χ0v) is 19.3. The molecule has 8 heteroatoms. The number of ether oxygens (including phenoxy) is 1. The highest BCUT2D eigenvalue weighted by molar-refractivity contribution is 6.22. The van der Waals surface area contributed by atoms with Crippen LogP contribution in [0.4, 0.5) is 0 Å². The predicted octanol–water partition coefficient (Wildman–Crippen LogP) is 2.22. The Morgan fingerprint density at radius 1 is 0.882 bits per heavy atom. The Hall–Kier alpha value is -3.81. The van der Waals surface area contributed by atoms with Crippen LogP contribution in [0, 0.1) is 0 Å². The van der Waals surface area contributed by atoms with Gasteiger partial charge in [0.05, 0.1) is 18.7 Å². The first kappa shape index (κ1) is 22.0. The quantitative estimate of drug-likeness (QED) is 0.518. The van der Waals surface area contributed by atoms with Crippen molar-refractivity contribution in [3.05, 3.63) is 65.1 Å². The van der Waals surface area contributed by atoms with Gasteiger partial charge in [-0.25, -0.2) is 0 Å². The summed E-state index contributed by atoms with van der Waals surface area (Å²) in [5.74, 6) is -0.441. The van der Waals surface area contributed by atoms with Crippen molar-refractivity contribution in [1.82, 2.24) is 14.7 Å². The number of fused-ring (bicyclic) bond motifs is 1. The third kappa shape index (κ3) is 4.35. The van der Waals surface area contributed by atoms with Crippen molar-refractivity contribution < 1.29 is 24.2 Å². The van der Waals surface area contributed by atoms with E-state index in [1.165, 1.54) is 6.08 Å². The Kier molecular flexibility index (Phi) is 5.51. The smallest absolute Gasteiger partial charge is 0.310 e. The molecule has 0 saturated carbocycles. The summed E-state index contributed by atoms with van der Waals surface area (Å²) < 4.78 is 5.14. The number of methoxy groups -OCH3 is 1. The van der Waals surface area contributed by atoms with Crippen LogP contribution in [-0.4, -0.2) is 83.7 Å². The van der Waals surface area contributed by atoms with Crippen LogP contribution in [0.2, 0.25) is 0 Å². The van der Waals surface area contributed by atoms with Crippen LogP contribution < -0.4 is 4.74 Å². The maximum Gasteiger partial charge on any atom is 0.310 e. The summed E-state index contributed by atoms with van der Waals surface area (Å²) in [4.78, 5) is 41.4. The molecule has 3 fully saturated rings. The van der Waals surface area contributed by atoms with Crippen molar-refractivity contribution in [2.24, 2.45) is 0 Å². The first-order valence-corrected chi connectivity index (χ1v) is 11.5. The third-order valence-electron chi connectivity index (χ3n) is 6.43. The van der Waals surface area contributed by atoms with E-state index in [1.54, 1.807) is 14.0 Å².